The highest BCUT2D eigenvalue weighted by Gasteiger charge is 2.24. The van der Waals surface area contributed by atoms with Gasteiger partial charge in [-0.05, 0) is 41.0 Å². The molecule has 21 heavy (non-hydrogen) atoms. The fraction of sp³-hybridized carbons (Fsp3) is 0.357. The first-order chi connectivity index (χ1) is 10.0. The summed E-state index contributed by atoms with van der Waals surface area (Å²) in [6.45, 7) is 2.72. The third-order valence-electron chi connectivity index (χ3n) is 3.21. The Morgan fingerprint density at radius 3 is 2.76 bits per heavy atom. The van der Waals surface area contributed by atoms with E-state index in [1.807, 2.05) is 6.92 Å². The maximum atomic E-state index is 13.8. The summed E-state index contributed by atoms with van der Waals surface area (Å²) in [5.74, 6) is -1.81. The number of aryl methyl sites for hydroxylation is 1. The lowest BCUT2D eigenvalue weighted by Gasteiger charge is -2.20. The molecule has 1 N–H and O–H groups in total. The molecule has 1 atom stereocenters. The van der Waals surface area contributed by atoms with Gasteiger partial charge in [0, 0.05) is 6.54 Å². The SMILES string of the molecule is CCCn1ncc(Cl)c1C(NC)c1ccc(F)c(F)c1Br. The zero-order valence-electron chi connectivity index (χ0n) is 11.6. The van der Waals surface area contributed by atoms with Crippen molar-refractivity contribution < 1.29 is 8.78 Å². The van der Waals surface area contributed by atoms with Crippen molar-refractivity contribution in [1.29, 1.82) is 0 Å². The second-order valence-electron chi connectivity index (χ2n) is 4.59. The third-order valence-corrected chi connectivity index (χ3v) is 4.30. The van der Waals surface area contributed by atoms with Crippen molar-refractivity contribution in [3.05, 3.63) is 50.7 Å². The van der Waals surface area contributed by atoms with E-state index in [0.29, 0.717) is 17.1 Å². The lowest BCUT2D eigenvalue weighted by atomic mass is 10.0. The summed E-state index contributed by atoms with van der Waals surface area (Å²) in [7, 11) is 1.73. The molecular weight excluding hydrogens is 364 g/mol. The lowest BCUT2D eigenvalue weighted by Crippen LogP contribution is -2.23. The van der Waals surface area contributed by atoms with Gasteiger partial charge in [-0.3, -0.25) is 4.68 Å². The molecule has 0 aliphatic carbocycles. The summed E-state index contributed by atoms with van der Waals surface area (Å²) in [5.41, 5.74) is 1.30. The van der Waals surface area contributed by atoms with E-state index in [0.717, 1.165) is 18.2 Å². The standard InChI is InChI=1S/C14H15BrClF2N3/c1-3-6-21-14(9(16)7-20-21)13(19-2)8-4-5-10(17)12(18)11(8)15/h4-5,7,13,19H,3,6H2,1-2H3. The second kappa shape index (κ2) is 6.85. The minimum absolute atomic E-state index is 0.0853. The Labute approximate surface area is 135 Å². The van der Waals surface area contributed by atoms with Crippen LogP contribution in [0.1, 0.15) is 30.6 Å². The average Bonchev–Trinajstić information content (AvgIpc) is 2.82. The molecule has 1 aromatic heterocycles. The normalized spacial score (nSPS) is 12.7. The van der Waals surface area contributed by atoms with Crippen molar-refractivity contribution in [2.24, 2.45) is 0 Å². The molecule has 0 aliphatic heterocycles. The predicted octanol–water partition coefficient (Wildman–Crippen LogP) is 4.30. The zero-order valence-corrected chi connectivity index (χ0v) is 14.0. The number of halogens is 4. The molecule has 0 saturated carbocycles. The molecule has 2 aromatic rings. The Morgan fingerprint density at radius 1 is 1.43 bits per heavy atom. The van der Waals surface area contributed by atoms with Gasteiger partial charge in [-0.1, -0.05) is 24.6 Å². The van der Waals surface area contributed by atoms with Crippen molar-refractivity contribution in [1.82, 2.24) is 15.1 Å². The maximum Gasteiger partial charge on any atom is 0.173 e. The van der Waals surface area contributed by atoms with Crippen molar-refractivity contribution in [3.63, 3.8) is 0 Å². The van der Waals surface area contributed by atoms with Gasteiger partial charge in [0.25, 0.3) is 0 Å². The van der Waals surface area contributed by atoms with Gasteiger partial charge in [0.1, 0.15) is 0 Å². The minimum atomic E-state index is -0.912. The highest BCUT2D eigenvalue weighted by molar-refractivity contribution is 9.10. The largest absolute Gasteiger partial charge is 0.308 e. The Morgan fingerprint density at radius 2 is 2.14 bits per heavy atom. The molecule has 0 bridgehead atoms. The quantitative estimate of drug-likeness (QED) is 0.786. The van der Waals surface area contributed by atoms with Gasteiger partial charge in [-0.15, -0.1) is 0 Å². The van der Waals surface area contributed by atoms with Gasteiger partial charge in [-0.25, -0.2) is 8.78 Å². The van der Waals surface area contributed by atoms with Crippen LogP contribution in [0, 0.1) is 11.6 Å². The molecule has 0 fully saturated rings. The highest BCUT2D eigenvalue weighted by atomic mass is 79.9. The van der Waals surface area contributed by atoms with E-state index in [2.05, 4.69) is 26.3 Å². The monoisotopic (exact) mass is 377 g/mol. The van der Waals surface area contributed by atoms with Gasteiger partial charge in [0.2, 0.25) is 0 Å². The van der Waals surface area contributed by atoms with Gasteiger partial charge in [-0.2, -0.15) is 5.10 Å². The fourth-order valence-corrected chi connectivity index (χ4v) is 3.05. The van der Waals surface area contributed by atoms with Crippen molar-refractivity contribution in [2.75, 3.05) is 7.05 Å². The van der Waals surface area contributed by atoms with Crippen molar-refractivity contribution >= 4 is 27.5 Å². The number of benzene rings is 1. The average molecular weight is 379 g/mol. The molecule has 1 unspecified atom stereocenters. The second-order valence-corrected chi connectivity index (χ2v) is 5.79. The highest BCUT2D eigenvalue weighted by Crippen LogP contribution is 2.34. The van der Waals surface area contributed by atoms with Crippen LogP contribution in [-0.4, -0.2) is 16.8 Å². The molecule has 2 rings (SSSR count). The number of nitrogens with zero attached hydrogens (tertiary/aromatic N) is 2. The van der Waals surface area contributed by atoms with Crippen molar-refractivity contribution in [3.8, 4) is 0 Å². The van der Waals surface area contributed by atoms with Gasteiger partial charge in [0.05, 0.1) is 27.4 Å². The van der Waals surface area contributed by atoms with Crippen LogP contribution < -0.4 is 5.32 Å². The van der Waals surface area contributed by atoms with E-state index in [1.165, 1.54) is 6.07 Å². The van der Waals surface area contributed by atoms with Crippen LogP contribution >= 0.6 is 27.5 Å². The van der Waals surface area contributed by atoms with Crippen LogP contribution in [0.25, 0.3) is 0 Å². The first-order valence-electron chi connectivity index (χ1n) is 6.53. The number of hydrogen-bond acceptors (Lipinski definition) is 2. The Kier molecular flexibility index (Phi) is 5.35. The molecule has 1 heterocycles. The molecule has 0 radical (unpaired) electrons. The van der Waals surface area contributed by atoms with E-state index in [4.69, 9.17) is 11.6 Å². The first kappa shape index (κ1) is 16.4. The van der Waals surface area contributed by atoms with Gasteiger partial charge in [0.15, 0.2) is 11.6 Å². The van der Waals surface area contributed by atoms with E-state index < -0.39 is 17.7 Å². The van der Waals surface area contributed by atoms with Gasteiger partial charge < -0.3 is 5.32 Å². The summed E-state index contributed by atoms with van der Waals surface area (Å²) in [6, 6.07) is 2.24. The van der Waals surface area contributed by atoms with Crippen LogP contribution in [0.5, 0.6) is 0 Å². The van der Waals surface area contributed by atoms with E-state index >= 15 is 0 Å². The Hall–Kier alpha value is -0.980. The predicted molar refractivity (Wildman–Crippen MR) is 82.5 cm³/mol. The summed E-state index contributed by atoms with van der Waals surface area (Å²) in [6.07, 6.45) is 2.45. The summed E-state index contributed by atoms with van der Waals surface area (Å²) in [4.78, 5) is 0. The van der Waals surface area contributed by atoms with Crippen molar-refractivity contribution in [2.45, 2.75) is 25.9 Å². The van der Waals surface area contributed by atoms with Crippen LogP contribution in [0.2, 0.25) is 5.02 Å². The van der Waals surface area contributed by atoms with E-state index in [9.17, 15) is 8.78 Å². The molecule has 114 valence electrons. The Balaban J connectivity index is 2.55. The number of nitrogens with one attached hydrogen (secondary N) is 1. The van der Waals surface area contributed by atoms with Crippen LogP contribution in [-0.2, 0) is 6.54 Å². The molecular formula is C14H15BrClF2N3. The van der Waals surface area contributed by atoms with Crippen LogP contribution in [0.15, 0.2) is 22.8 Å². The molecule has 0 saturated heterocycles. The van der Waals surface area contributed by atoms with Crippen LogP contribution in [0.3, 0.4) is 0 Å². The summed E-state index contributed by atoms with van der Waals surface area (Å²) in [5, 5.41) is 7.80. The third kappa shape index (κ3) is 3.12. The zero-order chi connectivity index (χ0) is 15.6. The number of hydrogen-bond donors (Lipinski definition) is 1. The molecule has 7 heteroatoms. The minimum Gasteiger partial charge on any atom is -0.308 e. The van der Waals surface area contributed by atoms with E-state index in [1.54, 1.807) is 17.9 Å². The first-order valence-corrected chi connectivity index (χ1v) is 7.70. The molecule has 0 amide bonds. The Bertz CT molecular complexity index is 645. The van der Waals surface area contributed by atoms with Crippen LogP contribution in [0.4, 0.5) is 8.78 Å². The van der Waals surface area contributed by atoms with E-state index in [-0.39, 0.29) is 4.47 Å². The summed E-state index contributed by atoms with van der Waals surface area (Å²) < 4.78 is 28.9. The smallest absolute Gasteiger partial charge is 0.173 e. The number of aromatic nitrogens is 2. The summed E-state index contributed by atoms with van der Waals surface area (Å²) >= 11 is 9.34. The lowest BCUT2D eigenvalue weighted by molar-refractivity contribution is 0.495. The fourth-order valence-electron chi connectivity index (χ4n) is 2.25. The molecule has 0 aliphatic rings. The van der Waals surface area contributed by atoms with Gasteiger partial charge >= 0.3 is 0 Å². The molecule has 0 spiro atoms. The molecule has 3 nitrogen and oxygen atoms in total. The maximum absolute atomic E-state index is 13.8. The topological polar surface area (TPSA) is 29.9 Å². The number of rotatable bonds is 5. The molecule has 1 aromatic carbocycles.